The Morgan fingerprint density at radius 2 is 2.12 bits per heavy atom. The molecule has 1 fully saturated rings. The van der Waals surface area contributed by atoms with Crippen molar-refractivity contribution in [2.45, 2.75) is 12.6 Å². The Bertz CT molecular complexity index is 541. The summed E-state index contributed by atoms with van der Waals surface area (Å²) in [4.78, 5) is 0.194. The Balaban J connectivity index is 1.93. The number of fused-ring (bicyclic) bond motifs is 1. The van der Waals surface area contributed by atoms with Crippen molar-refractivity contribution in [2.75, 3.05) is 13.1 Å². The largest absolute Gasteiger partial charge is 0.453 e. The number of nitrogens with one attached hydrogen (secondary N) is 1. The number of hydrogen-bond acceptors (Lipinski definition) is 5. The molecular formula is C8H8F3N5S. The van der Waals surface area contributed by atoms with E-state index < -0.39 is 12.0 Å². The maximum atomic E-state index is 12.5. The van der Waals surface area contributed by atoms with Crippen LogP contribution in [0.4, 0.5) is 13.2 Å². The molecule has 0 bridgehead atoms. The van der Waals surface area contributed by atoms with E-state index in [1.165, 1.54) is 0 Å². The van der Waals surface area contributed by atoms with Crippen LogP contribution in [0.1, 0.15) is 10.8 Å². The molecule has 0 aromatic carbocycles. The van der Waals surface area contributed by atoms with E-state index in [2.05, 4.69) is 20.6 Å². The lowest BCUT2D eigenvalue weighted by atomic mass is 10.0. The van der Waals surface area contributed by atoms with Gasteiger partial charge in [0, 0.05) is 6.42 Å². The van der Waals surface area contributed by atoms with Gasteiger partial charge >= 0.3 is 6.18 Å². The van der Waals surface area contributed by atoms with E-state index in [0.29, 0.717) is 17.3 Å². The van der Waals surface area contributed by atoms with Gasteiger partial charge in [-0.2, -0.15) is 22.8 Å². The lowest BCUT2D eigenvalue weighted by Crippen LogP contribution is -2.43. The number of aromatic nitrogens is 4. The Morgan fingerprint density at radius 1 is 1.35 bits per heavy atom. The van der Waals surface area contributed by atoms with Crippen LogP contribution in [0.15, 0.2) is 0 Å². The first kappa shape index (κ1) is 10.9. The van der Waals surface area contributed by atoms with E-state index in [1.54, 1.807) is 0 Å². The normalized spacial score (nSPS) is 17.6. The van der Waals surface area contributed by atoms with Crippen molar-refractivity contribution in [1.29, 1.82) is 0 Å². The van der Waals surface area contributed by atoms with E-state index >= 15 is 0 Å². The maximum Gasteiger partial charge on any atom is 0.453 e. The molecule has 9 heteroatoms. The molecule has 1 saturated heterocycles. The van der Waals surface area contributed by atoms with E-state index in [1.807, 2.05) is 0 Å². The quantitative estimate of drug-likeness (QED) is 0.877. The number of hydrogen-bond donors (Lipinski definition) is 1. The first-order valence-corrected chi connectivity index (χ1v) is 5.85. The summed E-state index contributed by atoms with van der Waals surface area (Å²) in [7, 11) is 0. The third-order valence-electron chi connectivity index (χ3n) is 2.62. The van der Waals surface area contributed by atoms with Crippen LogP contribution >= 0.6 is 11.3 Å². The summed E-state index contributed by atoms with van der Waals surface area (Å²) in [5.74, 6) is -0.588. The number of alkyl halides is 3. The summed E-state index contributed by atoms with van der Waals surface area (Å²) < 4.78 is 38.4. The van der Waals surface area contributed by atoms with Gasteiger partial charge in [0.15, 0.2) is 0 Å². The van der Waals surface area contributed by atoms with Crippen LogP contribution in [-0.4, -0.2) is 32.9 Å². The molecule has 0 atom stereocenters. The molecule has 0 unspecified atom stereocenters. The van der Waals surface area contributed by atoms with Gasteiger partial charge < -0.3 is 5.32 Å². The van der Waals surface area contributed by atoms with Crippen molar-refractivity contribution in [1.82, 2.24) is 25.1 Å². The Morgan fingerprint density at radius 3 is 2.71 bits per heavy atom. The van der Waals surface area contributed by atoms with Gasteiger partial charge in [0.25, 0.3) is 5.82 Å². The van der Waals surface area contributed by atoms with Crippen LogP contribution in [0.25, 0.3) is 4.96 Å². The fraction of sp³-hybridized carbons (Fsp3) is 0.625. The molecule has 1 aliphatic rings. The van der Waals surface area contributed by atoms with E-state index in [9.17, 15) is 13.2 Å². The van der Waals surface area contributed by atoms with E-state index in [4.69, 9.17) is 0 Å². The van der Waals surface area contributed by atoms with Gasteiger partial charge in [0.2, 0.25) is 4.96 Å². The molecule has 17 heavy (non-hydrogen) atoms. The molecule has 92 valence electrons. The highest BCUT2D eigenvalue weighted by atomic mass is 32.1. The molecule has 0 amide bonds. The van der Waals surface area contributed by atoms with Gasteiger partial charge in [-0.1, -0.05) is 11.3 Å². The summed E-state index contributed by atoms with van der Waals surface area (Å²) in [5.41, 5.74) is 0. The Hall–Kier alpha value is -1.22. The average molecular weight is 263 g/mol. The van der Waals surface area contributed by atoms with Crippen LogP contribution in [0.5, 0.6) is 0 Å². The molecule has 0 radical (unpaired) electrons. The molecular weight excluding hydrogens is 255 g/mol. The third kappa shape index (κ3) is 1.89. The molecule has 5 nitrogen and oxygen atoms in total. The van der Waals surface area contributed by atoms with E-state index in [0.717, 1.165) is 28.9 Å². The SMILES string of the molecule is FC(F)(F)c1nnc2sc(CC3CNC3)nn12. The van der Waals surface area contributed by atoms with Crippen molar-refractivity contribution in [3.63, 3.8) is 0 Å². The zero-order valence-electron chi connectivity index (χ0n) is 8.53. The summed E-state index contributed by atoms with van der Waals surface area (Å²) in [6.45, 7) is 1.79. The van der Waals surface area contributed by atoms with Crippen molar-refractivity contribution < 1.29 is 13.2 Å². The standard InChI is InChI=1S/C8H8F3N5S/c9-8(10,11)6-13-14-7-16(6)15-5(17-7)1-4-2-12-3-4/h4,12H,1-3H2. The van der Waals surface area contributed by atoms with Gasteiger partial charge in [-0.15, -0.1) is 10.2 Å². The zero-order chi connectivity index (χ0) is 12.0. The highest BCUT2D eigenvalue weighted by Crippen LogP contribution is 2.29. The number of halogens is 3. The molecule has 3 heterocycles. The van der Waals surface area contributed by atoms with Gasteiger partial charge in [-0.05, 0) is 19.0 Å². The first-order valence-electron chi connectivity index (χ1n) is 5.03. The van der Waals surface area contributed by atoms with Crippen LogP contribution in [0, 0.1) is 5.92 Å². The second kappa shape index (κ2) is 3.64. The Kier molecular flexibility index (Phi) is 2.33. The molecule has 1 N–H and O–H groups in total. The van der Waals surface area contributed by atoms with Crippen molar-refractivity contribution >= 4 is 16.3 Å². The van der Waals surface area contributed by atoms with Crippen molar-refractivity contribution in [3.05, 3.63) is 10.8 Å². The first-order chi connectivity index (χ1) is 8.04. The average Bonchev–Trinajstić information content (AvgIpc) is 2.66. The minimum atomic E-state index is -4.51. The summed E-state index contributed by atoms with van der Waals surface area (Å²) >= 11 is 1.16. The maximum absolute atomic E-state index is 12.5. The monoisotopic (exact) mass is 263 g/mol. The van der Waals surface area contributed by atoms with Crippen LogP contribution < -0.4 is 5.32 Å². The predicted molar refractivity (Wildman–Crippen MR) is 53.7 cm³/mol. The fourth-order valence-electron chi connectivity index (χ4n) is 1.66. The minimum Gasteiger partial charge on any atom is -0.316 e. The van der Waals surface area contributed by atoms with Gasteiger partial charge in [0.1, 0.15) is 5.01 Å². The molecule has 1 aliphatic heterocycles. The molecule has 2 aromatic heterocycles. The summed E-state index contributed by atoms with van der Waals surface area (Å²) in [5, 5.41) is 14.3. The van der Waals surface area contributed by atoms with Crippen molar-refractivity contribution in [2.24, 2.45) is 5.92 Å². The number of nitrogens with zero attached hydrogens (tertiary/aromatic N) is 4. The zero-order valence-corrected chi connectivity index (χ0v) is 9.35. The second-order valence-electron chi connectivity index (χ2n) is 3.94. The van der Waals surface area contributed by atoms with Crippen LogP contribution in [0.2, 0.25) is 0 Å². The van der Waals surface area contributed by atoms with E-state index in [-0.39, 0.29) is 4.96 Å². The molecule has 0 aliphatic carbocycles. The topological polar surface area (TPSA) is 55.1 Å². The Labute approximate surface area is 97.7 Å². The summed E-state index contributed by atoms with van der Waals surface area (Å²) in [6.07, 6.45) is -3.82. The lowest BCUT2D eigenvalue weighted by molar-refractivity contribution is -0.146. The molecule has 0 saturated carbocycles. The van der Waals surface area contributed by atoms with Crippen LogP contribution in [0.3, 0.4) is 0 Å². The van der Waals surface area contributed by atoms with Crippen LogP contribution in [-0.2, 0) is 12.6 Å². The molecule has 2 aromatic rings. The van der Waals surface area contributed by atoms with Gasteiger partial charge in [-0.25, -0.2) is 0 Å². The highest BCUT2D eigenvalue weighted by molar-refractivity contribution is 7.16. The summed E-state index contributed by atoms with van der Waals surface area (Å²) in [6, 6.07) is 0. The number of rotatable bonds is 2. The lowest BCUT2D eigenvalue weighted by Gasteiger charge is -2.25. The fourth-order valence-corrected chi connectivity index (χ4v) is 2.60. The second-order valence-corrected chi connectivity index (χ2v) is 4.98. The van der Waals surface area contributed by atoms with Gasteiger partial charge in [-0.3, -0.25) is 0 Å². The predicted octanol–water partition coefficient (Wildman–Crippen LogP) is 0.966. The molecule has 3 rings (SSSR count). The van der Waals surface area contributed by atoms with Crippen molar-refractivity contribution in [3.8, 4) is 0 Å². The van der Waals surface area contributed by atoms with Gasteiger partial charge in [0.05, 0.1) is 0 Å². The molecule has 0 spiro atoms. The third-order valence-corrected chi connectivity index (χ3v) is 3.54. The smallest absolute Gasteiger partial charge is 0.316 e. The minimum absolute atomic E-state index is 0.194. The highest BCUT2D eigenvalue weighted by Gasteiger charge is 2.38.